The molecule has 0 spiro atoms. The van der Waals surface area contributed by atoms with Gasteiger partial charge in [-0.15, -0.1) is 0 Å². The van der Waals surface area contributed by atoms with Gasteiger partial charge in [0.1, 0.15) is 0 Å². The average Bonchev–Trinajstić information content (AvgIpc) is 1.66. The van der Waals surface area contributed by atoms with Crippen molar-refractivity contribution in [3.05, 3.63) is 12.3 Å². The lowest BCUT2D eigenvalue weighted by molar-refractivity contribution is 0.343. The highest BCUT2D eigenvalue weighted by Gasteiger charge is 1.73. The van der Waals surface area contributed by atoms with Crippen molar-refractivity contribution in [2.24, 2.45) is 0 Å². The molecule has 0 amide bonds. The molecule has 0 aromatic carbocycles. The van der Waals surface area contributed by atoms with Crippen LogP contribution in [-0.4, -0.2) is 25.3 Å². The molecular formula is C5H11N3. The number of hydrazine groups is 1. The lowest BCUT2D eigenvalue weighted by Gasteiger charge is -2.06. The molecular weight excluding hydrogens is 102 g/mol. The third kappa shape index (κ3) is 5.17. The second-order valence-electron chi connectivity index (χ2n) is 1.55. The average molecular weight is 113 g/mol. The van der Waals surface area contributed by atoms with Crippen LogP contribution in [0.25, 0.3) is 0 Å². The summed E-state index contributed by atoms with van der Waals surface area (Å²) in [6, 6.07) is 0. The van der Waals surface area contributed by atoms with E-state index in [1.54, 1.807) is 17.3 Å². The van der Waals surface area contributed by atoms with E-state index >= 15 is 0 Å². The third-order valence-corrected chi connectivity index (χ3v) is 0.525. The molecule has 46 valence electrons. The summed E-state index contributed by atoms with van der Waals surface area (Å²) in [4.78, 5) is 0. The zero-order chi connectivity index (χ0) is 6.41. The fraction of sp³-hybridized carbons (Fsp3) is 0.400. The van der Waals surface area contributed by atoms with Crippen LogP contribution in [0, 0.1) is 5.41 Å². The molecule has 3 nitrogen and oxygen atoms in total. The molecule has 2 N–H and O–H groups in total. The van der Waals surface area contributed by atoms with E-state index < -0.39 is 0 Å². The Bertz CT molecular complexity index is 85.7. The minimum absolute atomic E-state index is 1.22. The molecule has 3 heteroatoms. The summed E-state index contributed by atoms with van der Waals surface area (Å²) in [7, 11) is 3.77. The SMILES string of the molecule is CN(C)N/C=C\C=N. The van der Waals surface area contributed by atoms with Gasteiger partial charge in [0.2, 0.25) is 0 Å². The molecule has 0 aromatic heterocycles. The molecule has 0 saturated carbocycles. The minimum atomic E-state index is 1.22. The maximum atomic E-state index is 6.58. The van der Waals surface area contributed by atoms with Crippen LogP contribution < -0.4 is 5.43 Å². The maximum Gasteiger partial charge on any atom is 0.0192 e. The standard InChI is InChI=1S/C5H11N3/c1-8(2)7-5-3-4-6/h3-7H,1-2H3/b5-3-,6-4?. The summed E-state index contributed by atoms with van der Waals surface area (Å²) in [6.45, 7) is 0. The Morgan fingerprint density at radius 2 is 2.12 bits per heavy atom. The van der Waals surface area contributed by atoms with Crippen LogP contribution in [0.15, 0.2) is 12.3 Å². The zero-order valence-corrected chi connectivity index (χ0v) is 5.18. The van der Waals surface area contributed by atoms with Crippen molar-refractivity contribution in [2.75, 3.05) is 14.1 Å². The van der Waals surface area contributed by atoms with Gasteiger partial charge >= 0.3 is 0 Å². The summed E-state index contributed by atoms with van der Waals surface area (Å²) in [5.41, 5.74) is 2.85. The van der Waals surface area contributed by atoms with Crippen molar-refractivity contribution in [1.29, 1.82) is 5.41 Å². The van der Waals surface area contributed by atoms with Gasteiger partial charge in [-0.1, -0.05) is 0 Å². The molecule has 0 atom stereocenters. The number of nitrogens with zero attached hydrogens (tertiary/aromatic N) is 1. The summed E-state index contributed by atoms with van der Waals surface area (Å²) in [5.74, 6) is 0. The van der Waals surface area contributed by atoms with Crippen LogP contribution in [-0.2, 0) is 0 Å². The Morgan fingerprint density at radius 3 is 2.50 bits per heavy atom. The first-order valence-electron chi connectivity index (χ1n) is 2.36. The van der Waals surface area contributed by atoms with Gasteiger partial charge in [-0.2, -0.15) is 0 Å². The number of allylic oxidation sites excluding steroid dienone is 1. The molecule has 0 aliphatic heterocycles. The van der Waals surface area contributed by atoms with Gasteiger partial charge in [-0.25, -0.2) is 5.01 Å². The topological polar surface area (TPSA) is 39.1 Å². The Kier molecular flexibility index (Phi) is 3.88. The fourth-order valence-corrected chi connectivity index (χ4v) is 0.240. The van der Waals surface area contributed by atoms with Gasteiger partial charge in [0, 0.05) is 26.5 Å². The van der Waals surface area contributed by atoms with Crippen molar-refractivity contribution in [2.45, 2.75) is 0 Å². The Balaban J connectivity index is 3.15. The largest absolute Gasteiger partial charge is 0.327 e. The summed E-state index contributed by atoms with van der Waals surface area (Å²) < 4.78 is 0. The lowest BCUT2D eigenvalue weighted by Crippen LogP contribution is -2.24. The first-order chi connectivity index (χ1) is 3.77. The van der Waals surface area contributed by atoms with Crippen LogP contribution in [0.5, 0.6) is 0 Å². The Hall–Kier alpha value is -0.830. The minimum Gasteiger partial charge on any atom is -0.327 e. The normalized spacial score (nSPS) is 10.4. The van der Waals surface area contributed by atoms with E-state index in [1.807, 2.05) is 14.1 Å². The molecule has 0 heterocycles. The zero-order valence-electron chi connectivity index (χ0n) is 5.18. The molecule has 0 aliphatic carbocycles. The van der Waals surface area contributed by atoms with Gasteiger partial charge in [0.05, 0.1) is 0 Å². The molecule has 0 aromatic rings. The van der Waals surface area contributed by atoms with Crippen molar-refractivity contribution in [3.8, 4) is 0 Å². The van der Waals surface area contributed by atoms with Gasteiger partial charge in [0.15, 0.2) is 0 Å². The van der Waals surface area contributed by atoms with Crippen molar-refractivity contribution >= 4 is 6.21 Å². The quantitative estimate of drug-likeness (QED) is 0.406. The van der Waals surface area contributed by atoms with Crippen LogP contribution in [0.2, 0.25) is 0 Å². The van der Waals surface area contributed by atoms with Crippen LogP contribution in [0.1, 0.15) is 0 Å². The summed E-state index contributed by atoms with van der Waals surface area (Å²) in [5, 5.41) is 8.37. The molecule has 0 aliphatic rings. The number of hydrogen-bond donors (Lipinski definition) is 2. The summed E-state index contributed by atoms with van der Waals surface area (Å²) >= 11 is 0. The van der Waals surface area contributed by atoms with Crippen LogP contribution in [0.3, 0.4) is 0 Å². The van der Waals surface area contributed by atoms with E-state index in [0.717, 1.165) is 0 Å². The van der Waals surface area contributed by atoms with Crippen molar-refractivity contribution < 1.29 is 0 Å². The molecule has 0 bridgehead atoms. The molecule has 0 radical (unpaired) electrons. The highest BCUT2D eigenvalue weighted by molar-refractivity contribution is 5.67. The predicted molar refractivity (Wildman–Crippen MR) is 34.7 cm³/mol. The van der Waals surface area contributed by atoms with E-state index in [0.29, 0.717) is 0 Å². The van der Waals surface area contributed by atoms with Gasteiger partial charge in [0.25, 0.3) is 0 Å². The number of rotatable bonds is 3. The van der Waals surface area contributed by atoms with Crippen LogP contribution in [0.4, 0.5) is 0 Å². The maximum absolute atomic E-state index is 6.58. The Labute approximate surface area is 49.5 Å². The molecule has 0 unspecified atom stereocenters. The first kappa shape index (κ1) is 7.17. The Morgan fingerprint density at radius 1 is 1.50 bits per heavy atom. The fourth-order valence-electron chi connectivity index (χ4n) is 0.240. The molecule has 0 rings (SSSR count). The predicted octanol–water partition coefficient (Wildman–Crippen LogP) is 0.216. The third-order valence-electron chi connectivity index (χ3n) is 0.525. The van der Waals surface area contributed by atoms with E-state index in [-0.39, 0.29) is 0 Å². The van der Waals surface area contributed by atoms with Gasteiger partial charge < -0.3 is 10.8 Å². The van der Waals surface area contributed by atoms with E-state index in [2.05, 4.69) is 5.43 Å². The van der Waals surface area contributed by atoms with E-state index in [1.165, 1.54) is 6.21 Å². The van der Waals surface area contributed by atoms with Gasteiger partial charge in [-0.05, 0) is 6.08 Å². The second-order valence-corrected chi connectivity index (χ2v) is 1.55. The monoisotopic (exact) mass is 113 g/mol. The molecule has 0 saturated heterocycles. The van der Waals surface area contributed by atoms with Crippen molar-refractivity contribution in [1.82, 2.24) is 10.4 Å². The molecule has 0 fully saturated rings. The molecule has 8 heavy (non-hydrogen) atoms. The highest BCUT2D eigenvalue weighted by atomic mass is 15.5. The first-order valence-corrected chi connectivity index (χ1v) is 2.36. The van der Waals surface area contributed by atoms with Crippen LogP contribution >= 0.6 is 0 Å². The van der Waals surface area contributed by atoms with E-state index in [4.69, 9.17) is 5.41 Å². The summed E-state index contributed by atoms with van der Waals surface area (Å²) in [6.07, 6.45) is 4.52. The lowest BCUT2D eigenvalue weighted by atomic mass is 10.7. The number of hydrogen-bond acceptors (Lipinski definition) is 3. The number of nitrogens with one attached hydrogen (secondary N) is 2. The van der Waals surface area contributed by atoms with Crippen molar-refractivity contribution in [3.63, 3.8) is 0 Å². The highest BCUT2D eigenvalue weighted by Crippen LogP contribution is 1.63. The van der Waals surface area contributed by atoms with E-state index in [9.17, 15) is 0 Å². The smallest absolute Gasteiger partial charge is 0.0192 e. The second kappa shape index (κ2) is 4.33. The van der Waals surface area contributed by atoms with Gasteiger partial charge in [-0.3, -0.25) is 0 Å².